The number of aromatic nitrogens is 1. The van der Waals surface area contributed by atoms with Gasteiger partial charge in [-0.25, -0.2) is 9.78 Å². The van der Waals surface area contributed by atoms with Gasteiger partial charge in [0.2, 0.25) is 11.7 Å². The first-order chi connectivity index (χ1) is 9.04. The van der Waals surface area contributed by atoms with Crippen molar-refractivity contribution in [1.29, 1.82) is 0 Å². The number of halogens is 2. The van der Waals surface area contributed by atoms with Gasteiger partial charge >= 0.3 is 5.97 Å². The van der Waals surface area contributed by atoms with E-state index in [-0.39, 0.29) is 11.7 Å². The van der Waals surface area contributed by atoms with Crippen LogP contribution in [0.25, 0.3) is 11.5 Å². The minimum atomic E-state index is -1.15. The van der Waals surface area contributed by atoms with E-state index in [9.17, 15) is 4.79 Å². The van der Waals surface area contributed by atoms with Gasteiger partial charge in [0.25, 0.3) is 0 Å². The molecule has 4 nitrogen and oxygen atoms in total. The lowest BCUT2D eigenvalue weighted by Gasteiger charge is -2.01. The van der Waals surface area contributed by atoms with Crippen LogP contribution in [-0.2, 0) is 6.42 Å². The number of carboxylic acids is 1. The highest BCUT2D eigenvalue weighted by Crippen LogP contribution is 2.35. The molecule has 1 N–H and O–H groups in total. The van der Waals surface area contributed by atoms with Gasteiger partial charge in [0.05, 0.1) is 21.3 Å². The number of benzene rings is 1. The monoisotopic (exact) mass is 299 g/mol. The maximum Gasteiger partial charge on any atom is 0.373 e. The molecule has 0 unspecified atom stereocenters. The largest absolute Gasteiger partial charge is 0.475 e. The fraction of sp³-hybridized carbons (Fsp3) is 0.231. The quantitative estimate of drug-likeness (QED) is 0.914. The molecule has 0 atom stereocenters. The van der Waals surface area contributed by atoms with E-state index in [1.807, 2.05) is 6.92 Å². The van der Waals surface area contributed by atoms with Crippen LogP contribution in [0.1, 0.15) is 29.6 Å². The van der Waals surface area contributed by atoms with Crippen LogP contribution in [0.3, 0.4) is 0 Å². The summed E-state index contributed by atoms with van der Waals surface area (Å²) in [6.45, 7) is 1.93. The third-order valence-corrected chi connectivity index (χ3v) is 3.18. The van der Waals surface area contributed by atoms with Crippen LogP contribution in [-0.4, -0.2) is 16.1 Å². The number of oxazole rings is 1. The maximum atomic E-state index is 11.1. The molecule has 0 radical (unpaired) electrons. The average molecular weight is 300 g/mol. The third-order valence-electron chi connectivity index (χ3n) is 2.56. The number of carbonyl (C=O) groups is 1. The second kappa shape index (κ2) is 5.63. The standard InChI is InChI=1S/C13H11Cl2NO3/c1-2-4-9-11(13(17)18)19-12(16-9)10-7(14)5-3-6-8(10)15/h3,5-6H,2,4H2,1H3,(H,17,18). The van der Waals surface area contributed by atoms with Crippen molar-refractivity contribution in [3.63, 3.8) is 0 Å². The van der Waals surface area contributed by atoms with Crippen LogP contribution >= 0.6 is 23.2 Å². The van der Waals surface area contributed by atoms with Gasteiger partial charge < -0.3 is 9.52 Å². The van der Waals surface area contributed by atoms with Gasteiger partial charge in [0.15, 0.2) is 0 Å². The molecule has 0 amide bonds. The normalized spacial score (nSPS) is 10.7. The number of nitrogens with zero attached hydrogens (tertiary/aromatic N) is 1. The van der Waals surface area contributed by atoms with Gasteiger partial charge in [-0.2, -0.15) is 0 Å². The molecule has 0 fully saturated rings. The fourth-order valence-corrected chi connectivity index (χ4v) is 2.29. The van der Waals surface area contributed by atoms with Crippen LogP contribution < -0.4 is 0 Å². The molecule has 1 aromatic heterocycles. The first-order valence-corrected chi connectivity index (χ1v) is 6.47. The highest BCUT2D eigenvalue weighted by atomic mass is 35.5. The van der Waals surface area contributed by atoms with E-state index >= 15 is 0 Å². The Balaban J connectivity index is 2.57. The molecule has 0 saturated carbocycles. The molecule has 2 aromatic rings. The highest BCUT2D eigenvalue weighted by Gasteiger charge is 2.22. The zero-order valence-corrected chi connectivity index (χ0v) is 11.6. The predicted octanol–water partition coefficient (Wildman–Crippen LogP) is 4.30. The van der Waals surface area contributed by atoms with E-state index in [2.05, 4.69) is 4.98 Å². The Morgan fingerprint density at radius 3 is 2.53 bits per heavy atom. The number of hydrogen-bond donors (Lipinski definition) is 1. The Hall–Kier alpha value is -1.52. The van der Waals surface area contributed by atoms with Crippen LogP contribution in [0.5, 0.6) is 0 Å². The lowest BCUT2D eigenvalue weighted by Crippen LogP contribution is -1.99. The number of rotatable bonds is 4. The molecule has 2 rings (SSSR count). The smallest absolute Gasteiger partial charge is 0.373 e. The van der Waals surface area contributed by atoms with Crippen molar-refractivity contribution in [1.82, 2.24) is 4.98 Å². The van der Waals surface area contributed by atoms with E-state index in [0.29, 0.717) is 27.7 Å². The van der Waals surface area contributed by atoms with Crippen LogP contribution in [0.15, 0.2) is 22.6 Å². The predicted molar refractivity (Wildman–Crippen MR) is 72.9 cm³/mol. The fourth-order valence-electron chi connectivity index (χ4n) is 1.73. The van der Waals surface area contributed by atoms with Gasteiger partial charge in [-0.15, -0.1) is 0 Å². The molecular formula is C13H11Cl2NO3. The first kappa shape index (κ1) is 13.9. The number of carboxylic acid groups (broad SMARTS) is 1. The van der Waals surface area contributed by atoms with Crippen molar-refractivity contribution in [3.05, 3.63) is 39.7 Å². The summed E-state index contributed by atoms with van der Waals surface area (Å²) in [4.78, 5) is 15.3. The van der Waals surface area contributed by atoms with Crippen molar-refractivity contribution in [2.45, 2.75) is 19.8 Å². The van der Waals surface area contributed by atoms with Gasteiger partial charge in [-0.1, -0.05) is 42.6 Å². The van der Waals surface area contributed by atoms with Crippen molar-refractivity contribution < 1.29 is 14.3 Å². The summed E-state index contributed by atoms with van der Waals surface area (Å²) in [5, 5.41) is 9.83. The molecule has 100 valence electrons. The third kappa shape index (κ3) is 2.74. The van der Waals surface area contributed by atoms with Gasteiger partial charge in [-0.05, 0) is 18.6 Å². The Morgan fingerprint density at radius 1 is 1.37 bits per heavy atom. The van der Waals surface area contributed by atoms with Crippen molar-refractivity contribution >= 4 is 29.2 Å². The van der Waals surface area contributed by atoms with Gasteiger partial charge in [0.1, 0.15) is 0 Å². The zero-order valence-electron chi connectivity index (χ0n) is 10.1. The van der Waals surface area contributed by atoms with E-state index in [1.165, 1.54) is 0 Å². The number of aryl methyl sites for hydroxylation is 1. The second-order valence-electron chi connectivity index (χ2n) is 3.95. The van der Waals surface area contributed by atoms with E-state index in [1.54, 1.807) is 18.2 Å². The first-order valence-electron chi connectivity index (χ1n) is 5.72. The summed E-state index contributed by atoms with van der Waals surface area (Å²) in [5.41, 5.74) is 0.816. The van der Waals surface area contributed by atoms with Crippen molar-refractivity contribution in [3.8, 4) is 11.5 Å². The minimum Gasteiger partial charge on any atom is -0.475 e. The molecule has 19 heavy (non-hydrogen) atoms. The lowest BCUT2D eigenvalue weighted by molar-refractivity contribution is 0.0661. The number of hydrogen-bond acceptors (Lipinski definition) is 3. The summed E-state index contributed by atoms with van der Waals surface area (Å²) in [6.07, 6.45) is 1.29. The summed E-state index contributed by atoms with van der Waals surface area (Å²) in [7, 11) is 0. The molecule has 1 heterocycles. The molecule has 0 bridgehead atoms. The molecular weight excluding hydrogens is 289 g/mol. The van der Waals surface area contributed by atoms with E-state index in [0.717, 1.165) is 6.42 Å². The summed E-state index contributed by atoms with van der Waals surface area (Å²) in [6, 6.07) is 4.99. The molecule has 0 aliphatic rings. The summed E-state index contributed by atoms with van der Waals surface area (Å²) >= 11 is 12.1. The molecule has 0 saturated heterocycles. The van der Waals surface area contributed by atoms with Gasteiger partial charge in [-0.3, -0.25) is 0 Å². The molecule has 1 aromatic carbocycles. The molecule has 0 spiro atoms. The Kier molecular flexibility index (Phi) is 4.12. The number of aromatic carboxylic acids is 1. The van der Waals surface area contributed by atoms with Crippen molar-refractivity contribution in [2.24, 2.45) is 0 Å². The Labute approximate surface area is 120 Å². The van der Waals surface area contributed by atoms with E-state index in [4.69, 9.17) is 32.7 Å². The average Bonchev–Trinajstić information content (AvgIpc) is 2.73. The topological polar surface area (TPSA) is 63.3 Å². The lowest BCUT2D eigenvalue weighted by atomic mass is 10.2. The summed E-state index contributed by atoms with van der Waals surface area (Å²) < 4.78 is 5.30. The van der Waals surface area contributed by atoms with Crippen LogP contribution in [0.2, 0.25) is 10.0 Å². The summed E-state index contributed by atoms with van der Waals surface area (Å²) in [5.74, 6) is -1.17. The minimum absolute atomic E-state index is 0.136. The maximum absolute atomic E-state index is 11.1. The molecule has 0 aliphatic carbocycles. The van der Waals surface area contributed by atoms with E-state index < -0.39 is 5.97 Å². The highest BCUT2D eigenvalue weighted by molar-refractivity contribution is 6.38. The van der Waals surface area contributed by atoms with Crippen molar-refractivity contribution in [2.75, 3.05) is 0 Å². The van der Waals surface area contributed by atoms with Gasteiger partial charge in [0, 0.05) is 0 Å². The van der Waals surface area contributed by atoms with Crippen LogP contribution in [0.4, 0.5) is 0 Å². The van der Waals surface area contributed by atoms with Crippen LogP contribution in [0, 0.1) is 0 Å². The SMILES string of the molecule is CCCc1nc(-c2c(Cl)cccc2Cl)oc1C(=O)O. The Bertz CT molecular complexity index is 602. The second-order valence-corrected chi connectivity index (χ2v) is 4.76. The molecule has 0 aliphatic heterocycles. The molecule has 6 heteroatoms. The Morgan fingerprint density at radius 2 is 2.00 bits per heavy atom. The zero-order chi connectivity index (χ0) is 14.0.